The molecule has 7 heteroatoms. The lowest BCUT2D eigenvalue weighted by Gasteiger charge is -2.04. The lowest BCUT2D eigenvalue weighted by atomic mass is 10.2. The minimum absolute atomic E-state index is 0.516. The Labute approximate surface area is 138 Å². The Morgan fingerprint density at radius 3 is 2.74 bits per heavy atom. The summed E-state index contributed by atoms with van der Waals surface area (Å²) in [5, 5.41) is 9.11. The van der Waals surface area contributed by atoms with Crippen LogP contribution < -0.4 is 4.74 Å². The molecule has 6 nitrogen and oxygen atoms in total. The highest BCUT2D eigenvalue weighted by atomic mass is 32.2. The lowest BCUT2D eigenvalue weighted by molar-refractivity contribution is 0.317. The smallest absolute Gasteiger partial charge is 0.247 e. The van der Waals surface area contributed by atoms with Crippen LogP contribution in [-0.4, -0.2) is 26.4 Å². The summed E-state index contributed by atoms with van der Waals surface area (Å²) in [6.07, 6.45) is 4.66. The van der Waals surface area contributed by atoms with Crippen LogP contribution >= 0.6 is 11.8 Å². The van der Waals surface area contributed by atoms with E-state index >= 15 is 0 Å². The molecule has 0 amide bonds. The minimum atomic E-state index is 0.516. The van der Waals surface area contributed by atoms with E-state index in [4.69, 9.17) is 9.15 Å². The molecule has 0 bridgehead atoms. The molecule has 0 radical (unpaired) electrons. The van der Waals surface area contributed by atoms with Gasteiger partial charge >= 0.3 is 0 Å². The highest BCUT2D eigenvalue weighted by molar-refractivity contribution is 7.98. The standard InChI is InChI=1S/C16H18N4O2S/c1-3-10-21-13-6-4-12(5-7-13)15-19-18-14(22-15)11-23-16-17-8-9-20(16)2/h4-9H,3,10-11H2,1-2H3. The van der Waals surface area contributed by atoms with Crippen molar-refractivity contribution in [1.82, 2.24) is 19.7 Å². The van der Waals surface area contributed by atoms with Crippen LogP contribution in [0.25, 0.3) is 11.5 Å². The van der Waals surface area contributed by atoms with Gasteiger partial charge in [0.15, 0.2) is 5.16 Å². The first-order valence-electron chi connectivity index (χ1n) is 7.42. The first kappa shape index (κ1) is 15.6. The monoisotopic (exact) mass is 330 g/mol. The summed E-state index contributed by atoms with van der Waals surface area (Å²) in [7, 11) is 1.96. The molecular weight excluding hydrogens is 312 g/mol. The fourth-order valence-corrected chi connectivity index (χ4v) is 2.73. The predicted octanol–water partition coefficient (Wildman–Crippen LogP) is 3.55. The van der Waals surface area contributed by atoms with Crippen LogP contribution in [0.15, 0.2) is 46.2 Å². The Morgan fingerprint density at radius 2 is 2.04 bits per heavy atom. The molecular formula is C16H18N4O2S. The molecule has 0 fully saturated rings. The second-order valence-corrected chi connectivity index (χ2v) is 5.93. The number of hydrogen-bond acceptors (Lipinski definition) is 6. The van der Waals surface area contributed by atoms with Gasteiger partial charge in [-0.3, -0.25) is 0 Å². The third kappa shape index (κ3) is 3.92. The van der Waals surface area contributed by atoms with E-state index in [1.54, 1.807) is 18.0 Å². The zero-order chi connectivity index (χ0) is 16.1. The Bertz CT molecular complexity index is 752. The number of ether oxygens (including phenoxy) is 1. The third-order valence-corrected chi connectivity index (χ3v) is 4.19. The summed E-state index contributed by atoms with van der Waals surface area (Å²) in [5.41, 5.74) is 0.884. The zero-order valence-electron chi connectivity index (χ0n) is 13.1. The maximum Gasteiger partial charge on any atom is 0.247 e. The third-order valence-electron chi connectivity index (χ3n) is 3.14. The number of benzene rings is 1. The molecule has 0 atom stereocenters. The topological polar surface area (TPSA) is 66.0 Å². The molecule has 2 heterocycles. The van der Waals surface area contributed by atoms with Gasteiger partial charge < -0.3 is 13.7 Å². The molecule has 120 valence electrons. The van der Waals surface area contributed by atoms with Crippen molar-refractivity contribution in [3.8, 4) is 17.2 Å². The van der Waals surface area contributed by atoms with Crippen LogP contribution in [0.2, 0.25) is 0 Å². The quantitative estimate of drug-likeness (QED) is 0.617. The van der Waals surface area contributed by atoms with Gasteiger partial charge in [-0.05, 0) is 30.7 Å². The Kier molecular flexibility index (Phi) is 4.97. The largest absolute Gasteiger partial charge is 0.494 e. The van der Waals surface area contributed by atoms with Crippen LogP contribution in [0, 0.1) is 0 Å². The number of nitrogens with zero attached hydrogens (tertiary/aromatic N) is 4. The van der Waals surface area contributed by atoms with Crippen LogP contribution in [-0.2, 0) is 12.8 Å². The summed E-state index contributed by atoms with van der Waals surface area (Å²) in [4.78, 5) is 4.25. The summed E-state index contributed by atoms with van der Waals surface area (Å²) in [6.45, 7) is 2.80. The van der Waals surface area contributed by atoms with E-state index in [0.29, 0.717) is 24.1 Å². The number of imidazole rings is 1. The van der Waals surface area contributed by atoms with Crippen LogP contribution in [0.5, 0.6) is 5.75 Å². The lowest BCUT2D eigenvalue weighted by Crippen LogP contribution is -1.94. The van der Waals surface area contributed by atoms with Crippen molar-refractivity contribution in [2.24, 2.45) is 7.05 Å². The fraction of sp³-hybridized carbons (Fsp3) is 0.312. The Hall–Kier alpha value is -2.28. The summed E-state index contributed by atoms with van der Waals surface area (Å²) < 4.78 is 13.2. The summed E-state index contributed by atoms with van der Waals surface area (Å²) in [6, 6.07) is 7.68. The molecule has 2 aromatic heterocycles. The van der Waals surface area contributed by atoms with E-state index in [0.717, 1.165) is 22.9 Å². The molecule has 0 aliphatic heterocycles. The second kappa shape index (κ2) is 7.32. The maximum absolute atomic E-state index is 5.71. The maximum atomic E-state index is 5.71. The molecule has 23 heavy (non-hydrogen) atoms. The molecule has 0 saturated heterocycles. The van der Waals surface area contributed by atoms with Crippen molar-refractivity contribution in [1.29, 1.82) is 0 Å². The molecule has 0 unspecified atom stereocenters. The SMILES string of the molecule is CCCOc1ccc(-c2nnc(CSc3nccn3C)o2)cc1. The Morgan fingerprint density at radius 1 is 1.22 bits per heavy atom. The first-order valence-corrected chi connectivity index (χ1v) is 8.40. The van der Waals surface area contributed by atoms with Gasteiger partial charge in [0, 0.05) is 25.0 Å². The molecule has 1 aromatic carbocycles. The van der Waals surface area contributed by atoms with Crippen LogP contribution in [0.3, 0.4) is 0 Å². The van der Waals surface area contributed by atoms with Crippen molar-refractivity contribution >= 4 is 11.8 Å². The molecule has 0 aliphatic carbocycles. The van der Waals surface area contributed by atoms with Gasteiger partial charge in [-0.15, -0.1) is 10.2 Å². The highest BCUT2D eigenvalue weighted by Crippen LogP contribution is 2.24. The zero-order valence-corrected chi connectivity index (χ0v) is 13.9. The van der Waals surface area contributed by atoms with Crippen molar-refractivity contribution in [3.05, 3.63) is 42.5 Å². The Balaban J connectivity index is 1.63. The van der Waals surface area contributed by atoms with E-state index in [1.165, 1.54) is 0 Å². The average molecular weight is 330 g/mol. The number of aryl methyl sites for hydroxylation is 1. The molecule has 0 aliphatic rings. The molecule has 3 aromatic rings. The van der Waals surface area contributed by atoms with Gasteiger partial charge in [-0.1, -0.05) is 18.7 Å². The van der Waals surface area contributed by atoms with Gasteiger partial charge in [0.25, 0.3) is 0 Å². The summed E-state index contributed by atoms with van der Waals surface area (Å²) in [5.74, 6) is 2.54. The van der Waals surface area contributed by atoms with Crippen molar-refractivity contribution < 1.29 is 9.15 Å². The van der Waals surface area contributed by atoms with E-state index in [9.17, 15) is 0 Å². The molecule has 0 N–H and O–H groups in total. The van der Waals surface area contributed by atoms with Gasteiger partial charge in [-0.25, -0.2) is 4.98 Å². The molecule has 0 spiro atoms. The number of thioether (sulfide) groups is 1. The minimum Gasteiger partial charge on any atom is -0.494 e. The number of aromatic nitrogens is 4. The van der Waals surface area contributed by atoms with E-state index in [2.05, 4.69) is 22.1 Å². The second-order valence-electron chi connectivity index (χ2n) is 4.98. The van der Waals surface area contributed by atoms with Crippen LogP contribution in [0.1, 0.15) is 19.2 Å². The van der Waals surface area contributed by atoms with Crippen molar-refractivity contribution in [2.75, 3.05) is 6.61 Å². The van der Waals surface area contributed by atoms with Gasteiger partial charge in [-0.2, -0.15) is 0 Å². The van der Waals surface area contributed by atoms with E-state index in [1.807, 2.05) is 42.1 Å². The van der Waals surface area contributed by atoms with Gasteiger partial charge in [0.05, 0.1) is 12.4 Å². The fourth-order valence-electron chi connectivity index (χ4n) is 1.96. The van der Waals surface area contributed by atoms with Crippen molar-refractivity contribution in [2.45, 2.75) is 24.3 Å². The highest BCUT2D eigenvalue weighted by Gasteiger charge is 2.10. The van der Waals surface area contributed by atoms with Gasteiger partial charge in [0.1, 0.15) is 5.75 Å². The summed E-state index contributed by atoms with van der Waals surface area (Å²) >= 11 is 1.56. The molecule has 0 saturated carbocycles. The first-order chi connectivity index (χ1) is 11.3. The van der Waals surface area contributed by atoms with E-state index < -0.39 is 0 Å². The number of rotatable bonds is 7. The van der Waals surface area contributed by atoms with E-state index in [-0.39, 0.29) is 0 Å². The molecule has 3 rings (SSSR count). The van der Waals surface area contributed by atoms with Crippen LogP contribution in [0.4, 0.5) is 0 Å². The average Bonchev–Trinajstić information content (AvgIpc) is 3.20. The normalized spacial score (nSPS) is 10.9. The number of hydrogen-bond donors (Lipinski definition) is 0. The van der Waals surface area contributed by atoms with Crippen molar-refractivity contribution in [3.63, 3.8) is 0 Å². The van der Waals surface area contributed by atoms with Gasteiger partial charge in [0.2, 0.25) is 11.8 Å². The predicted molar refractivity (Wildman–Crippen MR) is 88.3 cm³/mol.